The molecule has 2 aliphatic rings. The third-order valence-electron chi connectivity index (χ3n) is 5.56. The molecule has 32 heavy (non-hydrogen) atoms. The number of aryl methyl sites for hydroxylation is 1. The molecule has 2 amide bonds. The molecular weight excluding hydrogens is 408 g/mol. The summed E-state index contributed by atoms with van der Waals surface area (Å²) in [6, 6.07) is 3.63. The molecule has 1 fully saturated rings. The van der Waals surface area contributed by atoms with Crippen molar-refractivity contribution in [2.75, 3.05) is 55.0 Å². The van der Waals surface area contributed by atoms with Crippen LogP contribution >= 0.6 is 0 Å². The second-order valence-corrected chi connectivity index (χ2v) is 7.46. The Kier molecular flexibility index (Phi) is 6.40. The number of pyridine rings is 2. The molecular formula is C22H30N8O2. The van der Waals surface area contributed by atoms with Crippen molar-refractivity contribution in [2.24, 2.45) is 7.05 Å². The number of ether oxygens (including phenoxy) is 1. The van der Waals surface area contributed by atoms with Crippen LogP contribution in [-0.2, 0) is 13.5 Å². The molecule has 0 bridgehead atoms. The average Bonchev–Trinajstić information content (AvgIpc) is 3.42. The minimum Gasteiger partial charge on any atom is -0.479 e. The fourth-order valence-corrected chi connectivity index (χ4v) is 4.16. The van der Waals surface area contributed by atoms with Gasteiger partial charge >= 0.3 is 6.03 Å². The molecule has 10 nitrogen and oxygen atoms in total. The summed E-state index contributed by atoms with van der Waals surface area (Å²) in [5, 5.41) is 11.4. The Hall–Kier alpha value is -3.40. The Morgan fingerprint density at radius 2 is 2.00 bits per heavy atom. The Balaban J connectivity index is 0.00000119. The number of piperazine rings is 1. The van der Waals surface area contributed by atoms with Crippen LogP contribution in [-0.4, -0.2) is 65.6 Å². The van der Waals surface area contributed by atoms with Gasteiger partial charge in [0.1, 0.15) is 11.5 Å². The van der Waals surface area contributed by atoms with Crippen LogP contribution in [0.25, 0.3) is 11.0 Å². The predicted octanol–water partition coefficient (Wildman–Crippen LogP) is 2.40. The molecule has 5 heterocycles. The second-order valence-electron chi connectivity index (χ2n) is 7.46. The van der Waals surface area contributed by atoms with Gasteiger partial charge in [0.05, 0.1) is 7.11 Å². The molecule has 1 saturated heterocycles. The summed E-state index contributed by atoms with van der Waals surface area (Å²) >= 11 is 0. The molecule has 2 aliphatic heterocycles. The SMILES string of the molecule is CC.COc1nc2nn(C)cc2cc1NC(=O)N1CCc2c(N3CCNCC3)ccnc21. The van der Waals surface area contributed by atoms with Crippen LogP contribution in [0.3, 0.4) is 0 Å². The Labute approximate surface area is 187 Å². The summed E-state index contributed by atoms with van der Waals surface area (Å²) < 4.78 is 7.05. The van der Waals surface area contributed by atoms with Crippen molar-refractivity contribution in [1.82, 2.24) is 25.1 Å². The standard InChI is InChI=1S/C20H24N8O2.C2H6/c1-26-12-13-11-15(19(30-2)24-17(13)25-26)23-20(29)28-8-4-14-16(3-5-22-18(14)28)27-9-6-21-7-10-27;1-2/h3,5,11-12,21H,4,6-10H2,1-2H3,(H,23,29);1-2H3. The fourth-order valence-electron chi connectivity index (χ4n) is 4.16. The third-order valence-corrected chi connectivity index (χ3v) is 5.56. The van der Waals surface area contributed by atoms with Crippen LogP contribution in [0.5, 0.6) is 5.88 Å². The average molecular weight is 439 g/mol. The number of fused-ring (bicyclic) bond motifs is 2. The maximum Gasteiger partial charge on any atom is 0.327 e. The number of rotatable bonds is 3. The van der Waals surface area contributed by atoms with Crippen LogP contribution < -0.4 is 25.2 Å². The van der Waals surface area contributed by atoms with E-state index in [1.54, 1.807) is 15.8 Å². The number of nitrogens with one attached hydrogen (secondary N) is 2. The van der Waals surface area contributed by atoms with Crippen molar-refractivity contribution >= 4 is 34.3 Å². The van der Waals surface area contributed by atoms with Crippen LogP contribution in [0.4, 0.5) is 22.0 Å². The largest absolute Gasteiger partial charge is 0.479 e. The number of carbonyl (C=O) groups excluding carboxylic acids is 1. The van der Waals surface area contributed by atoms with E-state index in [1.165, 1.54) is 12.8 Å². The molecule has 0 unspecified atom stereocenters. The van der Waals surface area contributed by atoms with Gasteiger partial charge in [0, 0.05) is 68.8 Å². The summed E-state index contributed by atoms with van der Waals surface area (Å²) in [7, 11) is 3.36. The summed E-state index contributed by atoms with van der Waals surface area (Å²) in [5.41, 5.74) is 3.38. The molecule has 0 aliphatic carbocycles. The fraction of sp³-hybridized carbons (Fsp3) is 0.455. The zero-order valence-electron chi connectivity index (χ0n) is 19.1. The first kappa shape index (κ1) is 21.8. The van der Waals surface area contributed by atoms with Gasteiger partial charge in [0.25, 0.3) is 0 Å². The number of amides is 2. The van der Waals surface area contributed by atoms with Gasteiger partial charge in [-0.2, -0.15) is 10.1 Å². The zero-order valence-corrected chi connectivity index (χ0v) is 19.1. The van der Waals surface area contributed by atoms with Gasteiger partial charge in [-0.15, -0.1) is 0 Å². The number of nitrogens with zero attached hydrogens (tertiary/aromatic N) is 6. The van der Waals surface area contributed by atoms with E-state index in [9.17, 15) is 4.79 Å². The van der Waals surface area contributed by atoms with Crippen LogP contribution in [0.1, 0.15) is 19.4 Å². The van der Waals surface area contributed by atoms with E-state index < -0.39 is 0 Å². The highest BCUT2D eigenvalue weighted by Crippen LogP contribution is 2.35. The number of urea groups is 1. The highest BCUT2D eigenvalue weighted by Gasteiger charge is 2.30. The van der Waals surface area contributed by atoms with Gasteiger partial charge in [-0.05, 0) is 18.6 Å². The maximum atomic E-state index is 13.1. The van der Waals surface area contributed by atoms with Crippen molar-refractivity contribution in [2.45, 2.75) is 20.3 Å². The van der Waals surface area contributed by atoms with E-state index in [4.69, 9.17) is 4.74 Å². The predicted molar refractivity (Wildman–Crippen MR) is 126 cm³/mol. The molecule has 0 radical (unpaired) electrons. The first-order valence-electron chi connectivity index (χ1n) is 11.0. The molecule has 10 heteroatoms. The van der Waals surface area contributed by atoms with E-state index in [0.29, 0.717) is 23.8 Å². The van der Waals surface area contributed by atoms with Crippen LogP contribution in [0.2, 0.25) is 0 Å². The maximum absolute atomic E-state index is 13.1. The normalized spacial score (nSPS) is 15.2. The first-order valence-corrected chi connectivity index (χ1v) is 11.0. The van der Waals surface area contributed by atoms with Gasteiger partial charge in [-0.25, -0.2) is 9.78 Å². The lowest BCUT2D eigenvalue weighted by atomic mass is 10.1. The topological polar surface area (TPSA) is 100 Å². The van der Waals surface area contributed by atoms with E-state index in [-0.39, 0.29) is 6.03 Å². The Morgan fingerprint density at radius 3 is 2.75 bits per heavy atom. The molecule has 5 rings (SSSR count). The Bertz CT molecular complexity index is 1110. The van der Waals surface area contributed by atoms with Crippen molar-refractivity contribution in [1.29, 1.82) is 0 Å². The van der Waals surface area contributed by atoms with Crippen molar-refractivity contribution in [3.63, 3.8) is 0 Å². The number of methoxy groups -OCH3 is 1. The molecule has 3 aromatic rings. The molecule has 170 valence electrons. The minimum atomic E-state index is -0.248. The summed E-state index contributed by atoms with van der Waals surface area (Å²) in [6.07, 6.45) is 4.42. The number of aromatic nitrogens is 4. The van der Waals surface area contributed by atoms with E-state index in [0.717, 1.165) is 49.4 Å². The Morgan fingerprint density at radius 1 is 1.22 bits per heavy atom. The second kappa shape index (κ2) is 9.39. The van der Waals surface area contributed by atoms with Gasteiger partial charge in [-0.3, -0.25) is 9.58 Å². The number of hydrogen-bond acceptors (Lipinski definition) is 7. The van der Waals surface area contributed by atoms with E-state index in [2.05, 4.69) is 36.7 Å². The molecule has 0 aromatic carbocycles. The van der Waals surface area contributed by atoms with Crippen molar-refractivity contribution in [3.8, 4) is 5.88 Å². The molecule has 0 spiro atoms. The minimum absolute atomic E-state index is 0.248. The molecule has 3 aromatic heterocycles. The number of carbonyl (C=O) groups is 1. The monoisotopic (exact) mass is 438 g/mol. The van der Waals surface area contributed by atoms with Gasteiger partial charge < -0.3 is 20.3 Å². The first-order chi connectivity index (χ1) is 15.6. The molecule has 2 N–H and O–H groups in total. The van der Waals surface area contributed by atoms with Gasteiger partial charge in [-0.1, -0.05) is 13.8 Å². The lowest BCUT2D eigenvalue weighted by molar-refractivity contribution is 0.257. The van der Waals surface area contributed by atoms with Gasteiger partial charge in [0.15, 0.2) is 5.65 Å². The molecule has 0 saturated carbocycles. The van der Waals surface area contributed by atoms with Gasteiger partial charge in [0.2, 0.25) is 5.88 Å². The number of anilines is 3. The lowest BCUT2D eigenvalue weighted by Gasteiger charge is -2.31. The zero-order chi connectivity index (χ0) is 22.7. The summed E-state index contributed by atoms with van der Waals surface area (Å²) in [5.74, 6) is 1.05. The van der Waals surface area contributed by atoms with Crippen molar-refractivity contribution in [3.05, 3.63) is 30.1 Å². The van der Waals surface area contributed by atoms with Crippen LogP contribution in [0, 0.1) is 0 Å². The third kappa shape index (κ3) is 4.05. The smallest absolute Gasteiger partial charge is 0.327 e. The summed E-state index contributed by atoms with van der Waals surface area (Å²) in [4.78, 5) is 26.1. The quantitative estimate of drug-likeness (QED) is 0.648. The van der Waals surface area contributed by atoms with E-state index in [1.807, 2.05) is 33.2 Å². The highest BCUT2D eigenvalue weighted by atomic mass is 16.5. The highest BCUT2D eigenvalue weighted by molar-refractivity contribution is 6.04. The van der Waals surface area contributed by atoms with Crippen molar-refractivity contribution < 1.29 is 9.53 Å². The summed E-state index contributed by atoms with van der Waals surface area (Å²) in [6.45, 7) is 8.42. The lowest BCUT2D eigenvalue weighted by Crippen LogP contribution is -2.43. The van der Waals surface area contributed by atoms with Crippen LogP contribution in [0.15, 0.2) is 24.5 Å². The number of hydrogen-bond donors (Lipinski definition) is 2. The molecule has 0 atom stereocenters. The van der Waals surface area contributed by atoms with E-state index >= 15 is 0 Å².